The van der Waals surface area contributed by atoms with Gasteiger partial charge >= 0.3 is 0 Å². The van der Waals surface area contributed by atoms with Crippen molar-refractivity contribution in [2.24, 2.45) is 11.8 Å². The molecular formula is C14H19ClN2O2. The third kappa shape index (κ3) is 3.83. The Bertz CT molecular complexity index is 443. The zero-order valence-electron chi connectivity index (χ0n) is 11.3. The molecule has 1 aromatic rings. The van der Waals surface area contributed by atoms with Crippen molar-refractivity contribution in [3.8, 4) is 5.75 Å². The van der Waals surface area contributed by atoms with Crippen LogP contribution in [0.25, 0.3) is 0 Å². The van der Waals surface area contributed by atoms with Crippen LogP contribution in [0.2, 0.25) is 5.15 Å². The number of rotatable bonds is 3. The third-order valence-electron chi connectivity index (χ3n) is 3.30. The molecule has 0 aromatic carbocycles. The number of piperidine rings is 1. The molecule has 2 atom stereocenters. The van der Waals surface area contributed by atoms with Crippen molar-refractivity contribution < 1.29 is 9.53 Å². The second-order valence-electron chi connectivity index (χ2n) is 5.33. The van der Waals surface area contributed by atoms with Gasteiger partial charge < -0.3 is 9.64 Å². The van der Waals surface area contributed by atoms with Crippen molar-refractivity contribution in [1.82, 2.24) is 9.88 Å². The molecule has 2 heterocycles. The van der Waals surface area contributed by atoms with E-state index in [4.69, 9.17) is 16.3 Å². The second-order valence-corrected chi connectivity index (χ2v) is 5.68. The summed E-state index contributed by atoms with van der Waals surface area (Å²) in [6.07, 6.45) is 2.77. The highest BCUT2D eigenvalue weighted by molar-refractivity contribution is 6.30. The Labute approximate surface area is 118 Å². The number of carbonyl (C=O) groups excluding carboxylic acids is 1. The molecule has 2 rings (SSSR count). The minimum absolute atomic E-state index is 0.0123. The summed E-state index contributed by atoms with van der Waals surface area (Å²) < 4.78 is 5.44. The number of nitrogens with zero attached hydrogens (tertiary/aromatic N) is 2. The van der Waals surface area contributed by atoms with E-state index in [0.717, 1.165) is 13.1 Å². The number of likely N-dealkylation sites (tertiary alicyclic amines) is 1. The monoisotopic (exact) mass is 282 g/mol. The SMILES string of the molecule is CC1CC(C)CN(C(=O)COc2cccnc2Cl)C1. The average Bonchev–Trinajstić information content (AvgIpc) is 2.36. The number of hydrogen-bond acceptors (Lipinski definition) is 3. The molecule has 1 saturated heterocycles. The zero-order chi connectivity index (χ0) is 13.8. The summed E-state index contributed by atoms with van der Waals surface area (Å²) in [6.45, 7) is 6.00. The van der Waals surface area contributed by atoms with E-state index in [-0.39, 0.29) is 17.7 Å². The lowest BCUT2D eigenvalue weighted by atomic mass is 9.92. The predicted molar refractivity (Wildman–Crippen MR) is 74.3 cm³/mol. The van der Waals surface area contributed by atoms with Crippen molar-refractivity contribution in [2.75, 3.05) is 19.7 Å². The Morgan fingerprint density at radius 2 is 2.16 bits per heavy atom. The Morgan fingerprint density at radius 3 is 2.79 bits per heavy atom. The lowest BCUT2D eigenvalue weighted by molar-refractivity contribution is -0.136. The number of hydrogen-bond donors (Lipinski definition) is 0. The maximum atomic E-state index is 12.1. The highest BCUT2D eigenvalue weighted by Crippen LogP contribution is 2.22. The van der Waals surface area contributed by atoms with E-state index >= 15 is 0 Å². The molecule has 1 amide bonds. The quantitative estimate of drug-likeness (QED) is 0.801. The van der Waals surface area contributed by atoms with Gasteiger partial charge in [0.1, 0.15) is 0 Å². The van der Waals surface area contributed by atoms with Gasteiger partial charge in [0.2, 0.25) is 0 Å². The van der Waals surface area contributed by atoms with Crippen LogP contribution in [-0.2, 0) is 4.79 Å². The second kappa shape index (κ2) is 6.24. The first-order valence-corrected chi connectivity index (χ1v) is 6.95. The lowest BCUT2D eigenvalue weighted by Gasteiger charge is -2.34. The molecular weight excluding hydrogens is 264 g/mol. The summed E-state index contributed by atoms with van der Waals surface area (Å²) in [5.41, 5.74) is 0. The van der Waals surface area contributed by atoms with Crippen LogP contribution in [0.15, 0.2) is 18.3 Å². The van der Waals surface area contributed by atoms with E-state index in [9.17, 15) is 4.79 Å². The largest absolute Gasteiger partial charge is 0.481 e. The van der Waals surface area contributed by atoms with E-state index in [0.29, 0.717) is 17.6 Å². The maximum Gasteiger partial charge on any atom is 0.260 e. The summed E-state index contributed by atoms with van der Waals surface area (Å²) >= 11 is 5.88. The molecule has 5 heteroatoms. The van der Waals surface area contributed by atoms with Gasteiger partial charge in [-0.3, -0.25) is 4.79 Å². The minimum atomic E-state index is 0.0123. The van der Waals surface area contributed by atoms with Crippen molar-refractivity contribution in [3.05, 3.63) is 23.5 Å². The Kier molecular flexibility index (Phi) is 4.64. The summed E-state index contributed by atoms with van der Waals surface area (Å²) in [6, 6.07) is 3.45. The summed E-state index contributed by atoms with van der Waals surface area (Å²) in [5, 5.41) is 0.288. The van der Waals surface area contributed by atoms with Crippen molar-refractivity contribution >= 4 is 17.5 Å². The van der Waals surface area contributed by atoms with Gasteiger partial charge in [0.25, 0.3) is 5.91 Å². The molecule has 104 valence electrons. The molecule has 1 aliphatic heterocycles. The fourth-order valence-corrected chi connectivity index (χ4v) is 2.75. The molecule has 1 fully saturated rings. The molecule has 0 bridgehead atoms. The topological polar surface area (TPSA) is 42.4 Å². The van der Waals surface area contributed by atoms with Crippen LogP contribution in [0.4, 0.5) is 0 Å². The van der Waals surface area contributed by atoms with Gasteiger partial charge in [-0.15, -0.1) is 0 Å². The maximum absolute atomic E-state index is 12.1. The number of ether oxygens (including phenoxy) is 1. The number of pyridine rings is 1. The van der Waals surface area contributed by atoms with Gasteiger partial charge in [0, 0.05) is 19.3 Å². The highest BCUT2D eigenvalue weighted by Gasteiger charge is 2.25. The molecule has 1 aromatic heterocycles. The average molecular weight is 283 g/mol. The van der Waals surface area contributed by atoms with Crippen LogP contribution < -0.4 is 4.74 Å². The molecule has 4 nitrogen and oxygen atoms in total. The smallest absolute Gasteiger partial charge is 0.260 e. The molecule has 2 unspecified atom stereocenters. The predicted octanol–water partition coefficient (Wildman–Crippen LogP) is 2.62. The number of aromatic nitrogens is 1. The Hall–Kier alpha value is -1.29. The number of amides is 1. The number of halogens is 1. The molecule has 1 aliphatic rings. The van der Waals surface area contributed by atoms with Crippen molar-refractivity contribution in [3.63, 3.8) is 0 Å². The van der Waals surface area contributed by atoms with Crippen LogP contribution in [0, 0.1) is 11.8 Å². The van der Waals surface area contributed by atoms with Crippen LogP contribution in [0.5, 0.6) is 5.75 Å². The summed E-state index contributed by atoms with van der Waals surface area (Å²) in [4.78, 5) is 17.9. The lowest BCUT2D eigenvalue weighted by Crippen LogP contribution is -2.44. The van der Waals surface area contributed by atoms with Gasteiger partial charge in [0.15, 0.2) is 17.5 Å². The molecule has 0 spiro atoms. The Balaban J connectivity index is 1.89. The molecule has 0 N–H and O–H groups in total. The standard InChI is InChI=1S/C14H19ClN2O2/c1-10-6-11(2)8-17(7-10)13(18)9-19-12-4-3-5-16-14(12)15/h3-5,10-11H,6-9H2,1-2H3. The van der Waals surface area contributed by atoms with Gasteiger partial charge in [0.05, 0.1) is 0 Å². The minimum Gasteiger partial charge on any atom is -0.481 e. The first-order valence-electron chi connectivity index (χ1n) is 6.57. The Morgan fingerprint density at radius 1 is 1.47 bits per heavy atom. The van der Waals surface area contributed by atoms with Crippen LogP contribution in [-0.4, -0.2) is 35.5 Å². The highest BCUT2D eigenvalue weighted by atomic mass is 35.5. The molecule has 19 heavy (non-hydrogen) atoms. The van der Waals surface area contributed by atoms with Gasteiger partial charge in [-0.2, -0.15) is 0 Å². The van der Waals surface area contributed by atoms with Crippen molar-refractivity contribution in [2.45, 2.75) is 20.3 Å². The third-order valence-corrected chi connectivity index (χ3v) is 3.58. The summed E-state index contributed by atoms with van der Waals surface area (Å²) in [5.74, 6) is 1.57. The normalized spacial score (nSPS) is 23.2. The van der Waals surface area contributed by atoms with Gasteiger partial charge in [-0.25, -0.2) is 4.98 Å². The fourth-order valence-electron chi connectivity index (χ4n) is 2.58. The van der Waals surface area contributed by atoms with E-state index in [1.807, 2.05) is 4.90 Å². The zero-order valence-corrected chi connectivity index (χ0v) is 12.1. The molecule has 0 saturated carbocycles. The van der Waals surface area contributed by atoms with Crippen LogP contribution in [0.3, 0.4) is 0 Å². The van der Waals surface area contributed by atoms with Gasteiger partial charge in [-0.1, -0.05) is 25.4 Å². The first-order chi connectivity index (χ1) is 9.06. The van der Waals surface area contributed by atoms with E-state index in [1.54, 1.807) is 18.3 Å². The van der Waals surface area contributed by atoms with Crippen LogP contribution in [0.1, 0.15) is 20.3 Å². The van der Waals surface area contributed by atoms with Crippen molar-refractivity contribution in [1.29, 1.82) is 0 Å². The molecule has 0 aliphatic carbocycles. The van der Waals surface area contributed by atoms with Gasteiger partial charge in [-0.05, 0) is 30.4 Å². The first kappa shape index (κ1) is 14.1. The molecule has 0 radical (unpaired) electrons. The summed E-state index contributed by atoms with van der Waals surface area (Å²) in [7, 11) is 0. The van der Waals surface area contributed by atoms with Crippen LogP contribution >= 0.6 is 11.6 Å². The van der Waals surface area contributed by atoms with E-state index in [2.05, 4.69) is 18.8 Å². The fraction of sp³-hybridized carbons (Fsp3) is 0.571. The number of carbonyl (C=O) groups is 1. The van der Waals surface area contributed by atoms with E-state index < -0.39 is 0 Å². The van der Waals surface area contributed by atoms with E-state index in [1.165, 1.54) is 6.42 Å².